The highest BCUT2D eigenvalue weighted by Crippen LogP contribution is 2.35. The van der Waals surface area contributed by atoms with E-state index in [-0.39, 0.29) is 17.9 Å². The van der Waals surface area contributed by atoms with Gasteiger partial charge in [-0.2, -0.15) is 0 Å². The van der Waals surface area contributed by atoms with Crippen molar-refractivity contribution in [1.29, 1.82) is 0 Å². The number of rotatable bonds is 1. The Bertz CT molecular complexity index is 509. The van der Waals surface area contributed by atoms with Crippen molar-refractivity contribution in [1.82, 2.24) is 5.32 Å². The van der Waals surface area contributed by atoms with Crippen LogP contribution >= 0.6 is 0 Å². The number of benzene rings is 1. The lowest BCUT2D eigenvalue weighted by atomic mass is 9.97. The van der Waals surface area contributed by atoms with Crippen LogP contribution in [0, 0.1) is 12.8 Å². The molecule has 4 nitrogen and oxygen atoms in total. The summed E-state index contributed by atoms with van der Waals surface area (Å²) in [5.74, 6) is 1.17. The van der Waals surface area contributed by atoms with Crippen LogP contribution in [0.4, 0.5) is 5.69 Å². The molecule has 0 radical (unpaired) electrons. The van der Waals surface area contributed by atoms with E-state index in [0.717, 1.165) is 42.9 Å². The Morgan fingerprint density at radius 2 is 2.30 bits per heavy atom. The number of nitrogens with one attached hydrogen (secondary N) is 1. The molecule has 1 saturated heterocycles. The second-order valence-electron chi connectivity index (χ2n) is 5.89. The zero-order chi connectivity index (χ0) is 14.1. The van der Waals surface area contributed by atoms with Crippen molar-refractivity contribution in [3.05, 3.63) is 23.8 Å². The quantitative estimate of drug-likeness (QED) is 0.853. The Labute approximate surface area is 120 Å². The molecule has 2 heterocycles. The molecule has 4 heteroatoms. The number of nitrogens with zero attached hydrogens (tertiary/aromatic N) is 1. The van der Waals surface area contributed by atoms with Crippen LogP contribution in [0.25, 0.3) is 0 Å². The number of fused-ring (bicyclic) bond motifs is 1. The van der Waals surface area contributed by atoms with Crippen LogP contribution in [-0.4, -0.2) is 31.6 Å². The van der Waals surface area contributed by atoms with Gasteiger partial charge in [-0.15, -0.1) is 0 Å². The minimum absolute atomic E-state index is 0.0461. The minimum atomic E-state index is 0.0461. The summed E-state index contributed by atoms with van der Waals surface area (Å²) in [6.07, 6.45) is 2.11. The summed E-state index contributed by atoms with van der Waals surface area (Å²) in [5, 5.41) is 3.32. The largest absolute Gasteiger partial charge is 0.487 e. The van der Waals surface area contributed by atoms with Crippen molar-refractivity contribution in [3.63, 3.8) is 0 Å². The molecular weight excluding hydrogens is 252 g/mol. The fourth-order valence-electron chi connectivity index (χ4n) is 3.04. The van der Waals surface area contributed by atoms with Gasteiger partial charge in [0.25, 0.3) is 0 Å². The second kappa shape index (κ2) is 5.44. The number of ether oxygens (including phenoxy) is 1. The molecular formula is C16H22N2O2. The lowest BCUT2D eigenvalue weighted by Gasteiger charge is -2.36. The van der Waals surface area contributed by atoms with Gasteiger partial charge in [-0.3, -0.25) is 4.79 Å². The average Bonchev–Trinajstić information content (AvgIpc) is 2.46. The highest BCUT2D eigenvalue weighted by molar-refractivity contribution is 5.97. The lowest BCUT2D eigenvalue weighted by molar-refractivity contribution is -0.123. The van der Waals surface area contributed by atoms with E-state index in [1.165, 1.54) is 0 Å². The number of aryl methyl sites for hydroxylation is 1. The summed E-state index contributed by atoms with van der Waals surface area (Å²) < 4.78 is 5.87. The minimum Gasteiger partial charge on any atom is -0.487 e. The van der Waals surface area contributed by atoms with Gasteiger partial charge < -0.3 is 15.0 Å². The summed E-state index contributed by atoms with van der Waals surface area (Å²) in [7, 11) is 0. The molecule has 108 valence electrons. The van der Waals surface area contributed by atoms with E-state index in [4.69, 9.17) is 4.74 Å². The Morgan fingerprint density at radius 1 is 1.45 bits per heavy atom. The van der Waals surface area contributed by atoms with E-state index in [9.17, 15) is 4.79 Å². The summed E-state index contributed by atoms with van der Waals surface area (Å²) in [4.78, 5) is 14.7. The molecule has 2 atom stereocenters. The Hall–Kier alpha value is -1.55. The fourth-order valence-corrected chi connectivity index (χ4v) is 3.04. The summed E-state index contributed by atoms with van der Waals surface area (Å²) in [6.45, 7) is 6.53. The number of anilines is 1. The van der Waals surface area contributed by atoms with E-state index >= 15 is 0 Å². The zero-order valence-corrected chi connectivity index (χ0v) is 12.2. The highest BCUT2D eigenvalue weighted by Gasteiger charge is 2.32. The molecule has 0 saturated carbocycles. The van der Waals surface area contributed by atoms with E-state index in [0.29, 0.717) is 6.54 Å². The Balaban J connectivity index is 1.88. The van der Waals surface area contributed by atoms with Crippen molar-refractivity contribution in [3.8, 4) is 5.75 Å². The molecule has 0 aromatic heterocycles. The van der Waals surface area contributed by atoms with Gasteiger partial charge in [0, 0.05) is 6.54 Å². The first-order valence-corrected chi connectivity index (χ1v) is 7.44. The maximum Gasteiger partial charge on any atom is 0.231 e. The number of piperidine rings is 1. The van der Waals surface area contributed by atoms with E-state index in [1.807, 2.05) is 36.9 Å². The molecule has 1 N–H and O–H groups in total. The third-order valence-corrected chi connectivity index (χ3v) is 4.09. The van der Waals surface area contributed by atoms with Gasteiger partial charge in [-0.25, -0.2) is 0 Å². The third-order valence-electron chi connectivity index (χ3n) is 4.09. The van der Waals surface area contributed by atoms with E-state index < -0.39 is 0 Å². The average molecular weight is 274 g/mol. The molecule has 1 aromatic rings. The van der Waals surface area contributed by atoms with Crippen molar-refractivity contribution < 1.29 is 9.53 Å². The van der Waals surface area contributed by atoms with Crippen LogP contribution < -0.4 is 15.0 Å². The predicted molar refractivity (Wildman–Crippen MR) is 79.2 cm³/mol. The molecule has 1 aromatic carbocycles. The van der Waals surface area contributed by atoms with Crippen LogP contribution in [0.15, 0.2) is 18.2 Å². The van der Waals surface area contributed by atoms with Crippen molar-refractivity contribution in [2.45, 2.75) is 32.8 Å². The molecule has 2 aliphatic heterocycles. The van der Waals surface area contributed by atoms with Gasteiger partial charge in [0.2, 0.25) is 5.91 Å². The third kappa shape index (κ3) is 2.52. The highest BCUT2D eigenvalue weighted by atomic mass is 16.5. The van der Waals surface area contributed by atoms with E-state index in [1.54, 1.807) is 0 Å². The lowest BCUT2D eigenvalue weighted by Crippen LogP contribution is -2.48. The maximum absolute atomic E-state index is 12.8. The maximum atomic E-state index is 12.8. The predicted octanol–water partition coefficient (Wildman–Crippen LogP) is 2.11. The first-order valence-electron chi connectivity index (χ1n) is 7.44. The zero-order valence-electron chi connectivity index (χ0n) is 12.2. The van der Waals surface area contributed by atoms with Gasteiger partial charge >= 0.3 is 0 Å². The first kappa shape index (κ1) is 13.4. The van der Waals surface area contributed by atoms with Gasteiger partial charge in [0.1, 0.15) is 11.9 Å². The summed E-state index contributed by atoms with van der Waals surface area (Å²) >= 11 is 0. The summed E-state index contributed by atoms with van der Waals surface area (Å²) in [5.41, 5.74) is 2.08. The number of hydrogen-bond acceptors (Lipinski definition) is 3. The molecule has 0 spiro atoms. The smallest absolute Gasteiger partial charge is 0.231 e. The normalized spacial score (nSPS) is 25.8. The second-order valence-corrected chi connectivity index (χ2v) is 5.89. The number of amides is 1. The van der Waals surface area contributed by atoms with Gasteiger partial charge in [-0.1, -0.05) is 6.07 Å². The molecule has 1 amide bonds. The molecule has 0 bridgehead atoms. The van der Waals surface area contributed by atoms with Crippen molar-refractivity contribution in [2.24, 2.45) is 5.92 Å². The van der Waals surface area contributed by atoms with Gasteiger partial charge in [-0.05, 0) is 50.9 Å². The summed E-state index contributed by atoms with van der Waals surface area (Å²) in [6, 6.07) is 6.06. The SMILES string of the molecule is Cc1ccc2c(c1)O[C@@H](C)CN2C(=O)[C@@H]1CCCNC1. The van der Waals surface area contributed by atoms with Crippen LogP contribution in [0.1, 0.15) is 25.3 Å². The molecule has 2 aliphatic rings. The van der Waals surface area contributed by atoms with Gasteiger partial charge in [0.15, 0.2) is 0 Å². The number of carbonyl (C=O) groups excluding carboxylic acids is 1. The fraction of sp³-hybridized carbons (Fsp3) is 0.562. The van der Waals surface area contributed by atoms with Crippen LogP contribution in [0.5, 0.6) is 5.75 Å². The monoisotopic (exact) mass is 274 g/mol. The van der Waals surface area contributed by atoms with E-state index in [2.05, 4.69) is 5.32 Å². The molecule has 3 rings (SSSR count). The Kier molecular flexibility index (Phi) is 3.66. The molecule has 20 heavy (non-hydrogen) atoms. The standard InChI is InChI=1S/C16H22N2O2/c1-11-5-6-14-15(8-11)20-12(2)10-18(14)16(19)13-4-3-7-17-9-13/h5-6,8,12-13,17H,3-4,7,9-10H2,1-2H3/t12-,13+/m0/s1. The van der Waals surface area contributed by atoms with Crippen LogP contribution in [0.3, 0.4) is 0 Å². The van der Waals surface area contributed by atoms with Crippen LogP contribution in [0.2, 0.25) is 0 Å². The van der Waals surface area contributed by atoms with Crippen molar-refractivity contribution >= 4 is 11.6 Å². The van der Waals surface area contributed by atoms with Crippen LogP contribution in [-0.2, 0) is 4.79 Å². The number of hydrogen-bond donors (Lipinski definition) is 1. The number of carbonyl (C=O) groups is 1. The molecule has 0 unspecified atom stereocenters. The molecule has 0 aliphatic carbocycles. The van der Waals surface area contributed by atoms with Gasteiger partial charge in [0.05, 0.1) is 18.2 Å². The van der Waals surface area contributed by atoms with Crippen molar-refractivity contribution in [2.75, 3.05) is 24.5 Å². The molecule has 1 fully saturated rings. The first-order chi connectivity index (χ1) is 9.65. The Morgan fingerprint density at radius 3 is 3.05 bits per heavy atom. The topological polar surface area (TPSA) is 41.6 Å².